The fraction of sp³-hybridized carbons (Fsp3) is 0.167. The molecule has 0 unspecified atom stereocenters. The molecule has 3 nitrogen and oxygen atoms in total. The van der Waals surface area contributed by atoms with Gasteiger partial charge >= 0.3 is 5.97 Å². The van der Waals surface area contributed by atoms with Crippen LogP contribution in [0.25, 0.3) is 6.08 Å². The fourth-order valence-corrected chi connectivity index (χ4v) is 2.60. The first-order chi connectivity index (χ1) is 10.3. The Hall–Kier alpha value is -2.55. The summed E-state index contributed by atoms with van der Waals surface area (Å²) in [4.78, 5) is 14.2. The van der Waals surface area contributed by atoms with Gasteiger partial charge in [0.25, 0.3) is 0 Å². The van der Waals surface area contributed by atoms with Crippen molar-refractivity contribution in [1.82, 2.24) is 0 Å². The molecule has 0 aromatic heterocycles. The molecule has 1 aliphatic rings. The first kappa shape index (κ1) is 13.4. The van der Waals surface area contributed by atoms with E-state index in [2.05, 4.69) is 23.1 Å². The largest absolute Gasteiger partial charge is 0.466 e. The molecule has 0 aliphatic carbocycles. The average molecular weight is 279 g/mol. The molecule has 3 heteroatoms. The van der Waals surface area contributed by atoms with Crippen LogP contribution < -0.4 is 4.90 Å². The molecule has 0 N–H and O–H groups in total. The summed E-state index contributed by atoms with van der Waals surface area (Å²) in [6, 6.07) is 18.3. The van der Waals surface area contributed by atoms with Gasteiger partial charge in [-0.3, -0.25) is 0 Å². The Morgan fingerprint density at radius 3 is 2.48 bits per heavy atom. The Labute approximate surface area is 124 Å². The third-order valence-corrected chi connectivity index (χ3v) is 3.68. The lowest BCUT2D eigenvalue weighted by Gasteiger charge is -2.24. The lowest BCUT2D eigenvalue weighted by atomic mass is 10.1. The Balaban J connectivity index is 2.03. The Kier molecular flexibility index (Phi) is 3.73. The van der Waals surface area contributed by atoms with E-state index in [-0.39, 0.29) is 5.97 Å². The summed E-state index contributed by atoms with van der Waals surface area (Å²) < 4.78 is 4.91. The highest BCUT2D eigenvalue weighted by atomic mass is 16.5. The summed E-state index contributed by atoms with van der Waals surface area (Å²) in [7, 11) is 1.42. The van der Waals surface area contributed by atoms with Crippen molar-refractivity contribution in [3.8, 4) is 0 Å². The topological polar surface area (TPSA) is 29.5 Å². The van der Waals surface area contributed by atoms with Crippen LogP contribution in [0.3, 0.4) is 0 Å². The molecule has 0 radical (unpaired) electrons. The summed E-state index contributed by atoms with van der Waals surface area (Å²) in [5.41, 5.74) is 4.06. The standard InChI is InChI=1S/C18H17NO2/c1-21-18(20)16-11-14-7-5-6-8-15(14)12-19(13-16)17-9-3-2-4-10-17/h2-11H,12-13H2,1H3. The van der Waals surface area contributed by atoms with E-state index in [1.807, 2.05) is 42.5 Å². The van der Waals surface area contributed by atoms with Crippen molar-refractivity contribution in [3.05, 3.63) is 71.3 Å². The van der Waals surface area contributed by atoms with E-state index < -0.39 is 0 Å². The summed E-state index contributed by atoms with van der Waals surface area (Å²) >= 11 is 0. The van der Waals surface area contributed by atoms with Gasteiger partial charge in [-0.15, -0.1) is 0 Å². The number of methoxy groups -OCH3 is 1. The van der Waals surface area contributed by atoms with Crippen molar-refractivity contribution in [2.24, 2.45) is 0 Å². The van der Waals surface area contributed by atoms with Crippen LogP contribution in [0.4, 0.5) is 5.69 Å². The van der Waals surface area contributed by atoms with Gasteiger partial charge in [-0.05, 0) is 29.3 Å². The lowest BCUT2D eigenvalue weighted by Crippen LogP contribution is -2.26. The molecule has 3 rings (SSSR count). The van der Waals surface area contributed by atoms with Gasteiger partial charge in [0.05, 0.1) is 19.2 Å². The van der Waals surface area contributed by atoms with Crippen molar-refractivity contribution in [1.29, 1.82) is 0 Å². The number of ether oxygens (including phenoxy) is 1. The van der Waals surface area contributed by atoms with Gasteiger partial charge in [-0.25, -0.2) is 4.79 Å². The van der Waals surface area contributed by atoms with Crippen molar-refractivity contribution < 1.29 is 9.53 Å². The summed E-state index contributed by atoms with van der Waals surface area (Å²) in [6.45, 7) is 1.32. The zero-order chi connectivity index (χ0) is 14.7. The van der Waals surface area contributed by atoms with E-state index in [0.29, 0.717) is 12.1 Å². The Bertz CT molecular complexity index is 677. The maximum absolute atomic E-state index is 12.0. The third-order valence-electron chi connectivity index (χ3n) is 3.68. The second-order valence-corrected chi connectivity index (χ2v) is 5.05. The van der Waals surface area contributed by atoms with Crippen LogP contribution in [-0.4, -0.2) is 19.6 Å². The molecule has 21 heavy (non-hydrogen) atoms. The molecule has 0 bridgehead atoms. The number of esters is 1. The number of benzene rings is 2. The Morgan fingerprint density at radius 1 is 1.00 bits per heavy atom. The molecule has 0 saturated carbocycles. The van der Waals surface area contributed by atoms with E-state index in [1.54, 1.807) is 0 Å². The van der Waals surface area contributed by atoms with Crippen molar-refractivity contribution >= 4 is 17.7 Å². The smallest absolute Gasteiger partial charge is 0.335 e. The lowest BCUT2D eigenvalue weighted by molar-refractivity contribution is -0.136. The van der Waals surface area contributed by atoms with Gasteiger partial charge in [-0.1, -0.05) is 42.5 Å². The minimum absolute atomic E-state index is 0.271. The summed E-state index contributed by atoms with van der Waals surface area (Å²) in [6.07, 6.45) is 1.93. The number of nitrogens with zero attached hydrogens (tertiary/aromatic N) is 1. The van der Waals surface area contributed by atoms with E-state index in [9.17, 15) is 4.79 Å². The quantitative estimate of drug-likeness (QED) is 0.790. The van der Waals surface area contributed by atoms with Crippen LogP contribution in [0.1, 0.15) is 11.1 Å². The van der Waals surface area contributed by atoms with Crippen LogP contribution in [-0.2, 0) is 16.1 Å². The van der Waals surface area contributed by atoms with Gasteiger partial charge in [0.2, 0.25) is 0 Å². The zero-order valence-electron chi connectivity index (χ0n) is 12.0. The molecular weight excluding hydrogens is 262 g/mol. The van der Waals surface area contributed by atoms with Crippen LogP contribution in [0.5, 0.6) is 0 Å². The summed E-state index contributed by atoms with van der Waals surface area (Å²) in [5, 5.41) is 0. The zero-order valence-corrected chi connectivity index (χ0v) is 12.0. The number of anilines is 1. The molecular formula is C18H17NO2. The van der Waals surface area contributed by atoms with E-state index >= 15 is 0 Å². The van der Waals surface area contributed by atoms with Crippen LogP contribution in [0.2, 0.25) is 0 Å². The average Bonchev–Trinajstić information content (AvgIpc) is 2.74. The van der Waals surface area contributed by atoms with E-state index in [1.165, 1.54) is 12.7 Å². The van der Waals surface area contributed by atoms with Gasteiger partial charge in [0, 0.05) is 12.2 Å². The van der Waals surface area contributed by atoms with E-state index in [0.717, 1.165) is 17.8 Å². The molecule has 0 fully saturated rings. The van der Waals surface area contributed by atoms with Gasteiger partial charge in [0.15, 0.2) is 0 Å². The molecule has 2 aromatic carbocycles. The molecule has 1 heterocycles. The second kappa shape index (κ2) is 5.83. The molecule has 106 valence electrons. The number of hydrogen-bond acceptors (Lipinski definition) is 3. The molecule has 2 aromatic rings. The van der Waals surface area contributed by atoms with Gasteiger partial charge in [0.1, 0.15) is 0 Å². The summed E-state index contributed by atoms with van der Waals surface area (Å²) in [5.74, 6) is -0.271. The molecule has 0 amide bonds. The first-order valence-corrected chi connectivity index (χ1v) is 6.95. The highest BCUT2D eigenvalue weighted by Crippen LogP contribution is 2.25. The van der Waals surface area contributed by atoms with Gasteiger partial charge in [-0.2, -0.15) is 0 Å². The highest BCUT2D eigenvalue weighted by molar-refractivity contribution is 5.95. The SMILES string of the molecule is COC(=O)C1=Cc2ccccc2CN(c2ccccc2)C1. The fourth-order valence-electron chi connectivity index (χ4n) is 2.60. The maximum atomic E-state index is 12.0. The maximum Gasteiger partial charge on any atom is 0.335 e. The van der Waals surface area contributed by atoms with E-state index in [4.69, 9.17) is 4.74 Å². The number of carbonyl (C=O) groups excluding carboxylic acids is 1. The minimum atomic E-state index is -0.271. The van der Waals surface area contributed by atoms with Crippen molar-refractivity contribution in [2.45, 2.75) is 6.54 Å². The molecule has 0 spiro atoms. The minimum Gasteiger partial charge on any atom is -0.466 e. The van der Waals surface area contributed by atoms with Crippen LogP contribution in [0, 0.1) is 0 Å². The Morgan fingerprint density at radius 2 is 1.71 bits per heavy atom. The number of carbonyl (C=O) groups is 1. The van der Waals surface area contributed by atoms with Crippen molar-refractivity contribution in [2.75, 3.05) is 18.6 Å². The molecule has 0 atom stereocenters. The van der Waals surface area contributed by atoms with Crippen LogP contribution >= 0.6 is 0 Å². The first-order valence-electron chi connectivity index (χ1n) is 6.95. The number of rotatable bonds is 2. The predicted octanol–water partition coefficient (Wildman–Crippen LogP) is 3.26. The van der Waals surface area contributed by atoms with Gasteiger partial charge < -0.3 is 9.64 Å². The number of hydrogen-bond donors (Lipinski definition) is 0. The third kappa shape index (κ3) is 2.82. The number of fused-ring (bicyclic) bond motifs is 1. The predicted molar refractivity (Wildman–Crippen MR) is 83.9 cm³/mol. The number of para-hydroxylation sites is 1. The second-order valence-electron chi connectivity index (χ2n) is 5.05. The van der Waals surface area contributed by atoms with Crippen molar-refractivity contribution in [3.63, 3.8) is 0 Å². The monoisotopic (exact) mass is 279 g/mol. The highest BCUT2D eigenvalue weighted by Gasteiger charge is 2.20. The molecule has 0 saturated heterocycles. The van der Waals surface area contributed by atoms with Crippen LogP contribution in [0.15, 0.2) is 60.2 Å². The normalized spacial score (nSPS) is 14.0. The molecule has 1 aliphatic heterocycles.